The molecule has 0 amide bonds. The van der Waals surface area contributed by atoms with E-state index in [-0.39, 0.29) is 0 Å². The maximum atomic E-state index is 4.79. The first-order valence-corrected chi connectivity index (χ1v) is 8.86. The Bertz CT molecular complexity index is 670. The number of rotatable bonds is 5. The lowest BCUT2D eigenvalue weighted by Crippen LogP contribution is -2.47. The third-order valence-electron chi connectivity index (χ3n) is 4.55. The van der Waals surface area contributed by atoms with Gasteiger partial charge in [-0.1, -0.05) is 13.8 Å². The predicted molar refractivity (Wildman–Crippen MR) is 96.7 cm³/mol. The summed E-state index contributed by atoms with van der Waals surface area (Å²) >= 11 is 0. The standard InChI is InChI=1S/C18H28N6/c1-14(2)5-6-22-7-9-23(10-8-22)17-12-19-13-18(20-17)24-16(4)11-15(3)21-24/h11-14H,5-10H2,1-4H3. The van der Waals surface area contributed by atoms with Crippen molar-refractivity contribution in [3.8, 4) is 5.82 Å². The first kappa shape index (κ1) is 16.9. The summed E-state index contributed by atoms with van der Waals surface area (Å²) in [5.74, 6) is 2.51. The zero-order chi connectivity index (χ0) is 17.1. The molecule has 0 bridgehead atoms. The fourth-order valence-electron chi connectivity index (χ4n) is 3.10. The molecule has 0 radical (unpaired) electrons. The van der Waals surface area contributed by atoms with E-state index in [4.69, 9.17) is 4.98 Å². The van der Waals surface area contributed by atoms with Crippen LogP contribution < -0.4 is 4.90 Å². The summed E-state index contributed by atoms with van der Waals surface area (Å²) < 4.78 is 1.87. The van der Waals surface area contributed by atoms with Crippen LogP contribution in [0.15, 0.2) is 18.5 Å². The van der Waals surface area contributed by atoms with E-state index in [2.05, 4.69) is 39.8 Å². The van der Waals surface area contributed by atoms with Gasteiger partial charge in [-0.15, -0.1) is 0 Å². The fourth-order valence-corrected chi connectivity index (χ4v) is 3.10. The summed E-state index contributed by atoms with van der Waals surface area (Å²) in [6, 6.07) is 2.06. The van der Waals surface area contributed by atoms with Crippen molar-refractivity contribution in [3.05, 3.63) is 29.8 Å². The molecule has 0 N–H and O–H groups in total. The van der Waals surface area contributed by atoms with Gasteiger partial charge >= 0.3 is 0 Å². The molecule has 24 heavy (non-hydrogen) atoms. The number of aryl methyl sites for hydroxylation is 2. The van der Waals surface area contributed by atoms with Crippen LogP contribution in [0.3, 0.4) is 0 Å². The topological polar surface area (TPSA) is 50.1 Å². The SMILES string of the molecule is Cc1cc(C)n(-c2cncc(N3CCN(CCC(C)C)CC3)n2)n1. The average Bonchev–Trinajstić information content (AvgIpc) is 2.92. The monoisotopic (exact) mass is 328 g/mol. The molecule has 0 aromatic carbocycles. The number of aromatic nitrogens is 4. The third kappa shape index (κ3) is 3.93. The Morgan fingerprint density at radius 2 is 1.75 bits per heavy atom. The highest BCUT2D eigenvalue weighted by atomic mass is 15.3. The van der Waals surface area contributed by atoms with Crippen molar-refractivity contribution >= 4 is 5.82 Å². The lowest BCUT2D eigenvalue weighted by Gasteiger charge is -2.35. The summed E-state index contributed by atoms with van der Waals surface area (Å²) in [5.41, 5.74) is 2.08. The molecule has 6 heteroatoms. The van der Waals surface area contributed by atoms with E-state index in [1.165, 1.54) is 13.0 Å². The van der Waals surface area contributed by atoms with E-state index in [0.29, 0.717) is 0 Å². The zero-order valence-electron chi connectivity index (χ0n) is 15.2. The highest BCUT2D eigenvalue weighted by Crippen LogP contribution is 2.16. The van der Waals surface area contributed by atoms with E-state index in [1.54, 1.807) is 6.20 Å². The summed E-state index contributed by atoms with van der Waals surface area (Å²) in [6.45, 7) is 14.0. The largest absolute Gasteiger partial charge is 0.353 e. The lowest BCUT2D eigenvalue weighted by atomic mass is 10.1. The second-order valence-electron chi connectivity index (χ2n) is 7.09. The molecular weight excluding hydrogens is 300 g/mol. The molecule has 6 nitrogen and oxygen atoms in total. The summed E-state index contributed by atoms with van der Waals surface area (Å²) in [5, 5.41) is 4.51. The Kier molecular flexibility index (Phi) is 5.14. The van der Waals surface area contributed by atoms with Crippen LogP contribution in [0.2, 0.25) is 0 Å². The van der Waals surface area contributed by atoms with E-state index in [1.807, 2.05) is 24.7 Å². The number of hydrogen-bond donors (Lipinski definition) is 0. The zero-order valence-corrected chi connectivity index (χ0v) is 15.2. The van der Waals surface area contributed by atoms with Crippen LogP contribution in [0.1, 0.15) is 31.7 Å². The molecule has 0 atom stereocenters. The Morgan fingerprint density at radius 1 is 1.04 bits per heavy atom. The van der Waals surface area contributed by atoms with Gasteiger partial charge in [-0.3, -0.25) is 9.88 Å². The smallest absolute Gasteiger partial charge is 0.174 e. The molecule has 0 aliphatic carbocycles. The first-order chi connectivity index (χ1) is 11.5. The Morgan fingerprint density at radius 3 is 2.38 bits per heavy atom. The highest BCUT2D eigenvalue weighted by Gasteiger charge is 2.19. The van der Waals surface area contributed by atoms with Gasteiger partial charge < -0.3 is 4.90 Å². The third-order valence-corrected chi connectivity index (χ3v) is 4.55. The molecule has 1 aliphatic heterocycles. The van der Waals surface area contributed by atoms with Crippen LogP contribution in [-0.4, -0.2) is 57.4 Å². The molecule has 2 aromatic heterocycles. The minimum atomic E-state index is 0.770. The quantitative estimate of drug-likeness (QED) is 0.844. The van der Waals surface area contributed by atoms with Crippen LogP contribution in [0.5, 0.6) is 0 Å². The molecule has 0 unspecified atom stereocenters. The van der Waals surface area contributed by atoms with E-state index < -0.39 is 0 Å². The lowest BCUT2D eigenvalue weighted by molar-refractivity contribution is 0.243. The summed E-state index contributed by atoms with van der Waals surface area (Å²) in [6.07, 6.45) is 4.91. The minimum absolute atomic E-state index is 0.770. The molecule has 0 spiro atoms. The van der Waals surface area contributed by atoms with Crippen LogP contribution in [0, 0.1) is 19.8 Å². The van der Waals surface area contributed by atoms with Crippen molar-refractivity contribution in [3.63, 3.8) is 0 Å². The van der Waals surface area contributed by atoms with Crippen LogP contribution in [-0.2, 0) is 0 Å². The van der Waals surface area contributed by atoms with Crippen LogP contribution in [0.25, 0.3) is 5.82 Å². The molecule has 3 rings (SSSR count). The van der Waals surface area contributed by atoms with Crippen molar-refractivity contribution in [2.45, 2.75) is 34.1 Å². The van der Waals surface area contributed by atoms with Gasteiger partial charge in [0.05, 0.1) is 18.1 Å². The van der Waals surface area contributed by atoms with Gasteiger partial charge in [0.1, 0.15) is 5.82 Å². The van der Waals surface area contributed by atoms with Gasteiger partial charge in [0.2, 0.25) is 0 Å². The second-order valence-corrected chi connectivity index (χ2v) is 7.09. The highest BCUT2D eigenvalue weighted by molar-refractivity contribution is 5.40. The maximum absolute atomic E-state index is 4.79. The van der Waals surface area contributed by atoms with Gasteiger partial charge in [0.15, 0.2) is 5.82 Å². The maximum Gasteiger partial charge on any atom is 0.174 e. The molecule has 1 saturated heterocycles. The van der Waals surface area contributed by atoms with Crippen molar-refractivity contribution in [2.75, 3.05) is 37.6 Å². The minimum Gasteiger partial charge on any atom is -0.353 e. The van der Waals surface area contributed by atoms with Gasteiger partial charge in [0.25, 0.3) is 0 Å². The molecule has 2 aromatic rings. The number of piperazine rings is 1. The van der Waals surface area contributed by atoms with Crippen molar-refractivity contribution in [1.29, 1.82) is 0 Å². The molecule has 130 valence electrons. The van der Waals surface area contributed by atoms with Gasteiger partial charge in [-0.25, -0.2) is 9.67 Å². The molecule has 1 fully saturated rings. The van der Waals surface area contributed by atoms with E-state index >= 15 is 0 Å². The predicted octanol–water partition coefficient (Wildman–Crippen LogP) is 2.45. The van der Waals surface area contributed by atoms with Gasteiger partial charge in [0, 0.05) is 31.9 Å². The Balaban J connectivity index is 1.66. The number of nitrogens with zero attached hydrogens (tertiary/aromatic N) is 6. The molecule has 1 aliphatic rings. The van der Waals surface area contributed by atoms with Crippen molar-refractivity contribution < 1.29 is 0 Å². The average molecular weight is 328 g/mol. The van der Waals surface area contributed by atoms with Crippen molar-refractivity contribution in [1.82, 2.24) is 24.6 Å². The molecule has 0 saturated carbocycles. The molecular formula is C18H28N6. The number of hydrogen-bond acceptors (Lipinski definition) is 5. The first-order valence-electron chi connectivity index (χ1n) is 8.86. The summed E-state index contributed by atoms with van der Waals surface area (Å²) in [4.78, 5) is 14.0. The van der Waals surface area contributed by atoms with E-state index in [9.17, 15) is 0 Å². The normalized spacial score (nSPS) is 16.1. The van der Waals surface area contributed by atoms with E-state index in [0.717, 1.165) is 55.1 Å². The molecule has 3 heterocycles. The Labute approximate surface area is 144 Å². The van der Waals surface area contributed by atoms with Gasteiger partial charge in [-0.2, -0.15) is 5.10 Å². The van der Waals surface area contributed by atoms with Crippen LogP contribution >= 0.6 is 0 Å². The van der Waals surface area contributed by atoms with Gasteiger partial charge in [-0.05, 0) is 38.8 Å². The van der Waals surface area contributed by atoms with Crippen molar-refractivity contribution in [2.24, 2.45) is 5.92 Å². The number of anilines is 1. The summed E-state index contributed by atoms with van der Waals surface area (Å²) in [7, 11) is 0. The van der Waals surface area contributed by atoms with Crippen LogP contribution in [0.4, 0.5) is 5.82 Å². The fraction of sp³-hybridized carbons (Fsp3) is 0.611. The Hall–Kier alpha value is -1.95. The second kappa shape index (κ2) is 7.30.